The molecule has 0 aliphatic heterocycles. The van der Waals surface area contributed by atoms with Crippen molar-refractivity contribution in [3.05, 3.63) is 69.2 Å². The van der Waals surface area contributed by atoms with Gasteiger partial charge in [-0.1, -0.05) is 40.2 Å². The zero-order chi connectivity index (χ0) is 14.5. The summed E-state index contributed by atoms with van der Waals surface area (Å²) in [5.74, 6) is -0.230. The molecule has 2 rings (SSSR count). The maximum Gasteiger partial charge on any atom is 0.271 e. The second-order valence-corrected chi connectivity index (χ2v) is 5.47. The lowest BCUT2D eigenvalue weighted by molar-refractivity contribution is 0.0955. The third-order valence-corrected chi connectivity index (χ3v) is 3.49. The molecule has 0 aromatic heterocycles. The van der Waals surface area contributed by atoms with Gasteiger partial charge in [-0.2, -0.15) is 5.10 Å². The molecule has 102 valence electrons. The second-order valence-electron chi connectivity index (χ2n) is 4.55. The fourth-order valence-electron chi connectivity index (χ4n) is 1.70. The van der Waals surface area contributed by atoms with E-state index in [9.17, 15) is 4.79 Å². The molecule has 20 heavy (non-hydrogen) atoms. The van der Waals surface area contributed by atoms with Crippen LogP contribution in [0.5, 0.6) is 0 Å². The standard InChI is InChI=1S/C16H15BrN2O/c1-11-6-7-13(8-12(11)2)10-18-19-16(20)14-4-3-5-15(17)9-14/h3-10H,1-2H3,(H,19,20). The predicted molar refractivity (Wildman–Crippen MR) is 85.1 cm³/mol. The summed E-state index contributed by atoms with van der Waals surface area (Å²) in [4.78, 5) is 11.9. The SMILES string of the molecule is Cc1ccc(C=NNC(=O)c2cccc(Br)c2)cc1C. The van der Waals surface area contributed by atoms with E-state index in [1.807, 2.05) is 37.3 Å². The van der Waals surface area contributed by atoms with Gasteiger partial charge < -0.3 is 0 Å². The number of carbonyl (C=O) groups excluding carboxylic acids is 1. The number of hydrazone groups is 1. The zero-order valence-electron chi connectivity index (χ0n) is 11.4. The largest absolute Gasteiger partial charge is 0.271 e. The molecule has 2 aromatic carbocycles. The van der Waals surface area contributed by atoms with Gasteiger partial charge in [0.25, 0.3) is 5.91 Å². The fourth-order valence-corrected chi connectivity index (χ4v) is 2.10. The smallest absolute Gasteiger partial charge is 0.267 e. The number of rotatable bonds is 3. The zero-order valence-corrected chi connectivity index (χ0v) is 12.9. The first-order chi connectivity index (χ1) is 9.56. The third-order valence-electron chi connectivity index (χ3n) is 3.00. The average Bonchev–Trinajstić information content (AvgIpc) is 2.42. The summed E-state index contributed by atoms with van der Waals surface area (Å²) < 4.78 is 0.864. The van der Waals surface area contributed by atoms with Gasteiger partial charge in [0.05, 0.1) is 6.21 Å². The second kappa shape index (κ2) is 6.48. The molecule has 0 heterocycles. The van der Waals surface area contributed by atoms with Crippen LogP contribution in [0.2, 0.25) is 0 Å². The van der Waals surface area contributed by atoms with Crippen LogP contribution in [-0.2, 0) is 0 Å². The van der Waals surface area contributed by atoms with Gasteiger partial charge in [0.2, 0.25) is 0 Å². The van der Waals surface area contributed by atoms with Gasteiger partial charge in [0, 0.05) is 10.0 Å². The molecule has 3 nitrogen and oxygen atoms in total. The Morgan fingerprint density at radius 2 is 1.95 bits per heavy atom. The van der Waals surface area contributed by atoms with Crippen LogP contribution in [0.15, 0.2) is 52.0 Å². The van der Waals surface area contributed by atoms with Gasteiger partial charge in [0.15, 0.2) is 0 Å². The molecule has 4 heteroatoms. The first-order valence-electron chi connectivity index (χ1n) is 6.22. The van der Waals surface area contributed by atoms with Gasteiger partial charge in [-0.25, -0.2) is 5.43 Å². The number of nitrogens with zero attached hydrogens (tertiary/aromatic N) is 1. The van der Waals surface area contributed by atoms with E-state index >= 15 is 0 Å². The molecule has 0 aliphatic carbocycles. The van der Waals surface area contributed by atoms with E-state index in [1.165, 1.54) is 11.1 Å². The Bertz CT molecular complexity index is 665. The molecule has 0 unspecified atom stereocenters. The van der Waals surface area contributed by atoms with Crippen LogP contribution in [0.3, 0.4) is 0 Å². The summed E-state index contributed by atoms with van der Waals surface area (Å²) in [7, 11) is 0. The molecule has 0 saturated heterocycles. The lowest BCUT2D eigenvalue weighted by Gasteiger charge is -2.02. The Kier molecular flexibility index (Phi) is 4.69. The molecule has 0 fully saturated rings. The fraction of sp³-hybridized carbons (Fsp3) is 0.125. The van der Waals surface area contributed by atoms with Crippen molar-refractivity contribution in [1.29, 1.82) is 0 Å². The van der Waals surface area contributed by atoms with Crippen molar-refractivity contribution >= 4 is 28.1 Å². The molecule has 0 radical (unpaired) electrons. The van der Waals surface area contributed by atoms with Crippen molar-refractivity contribution in [2.75, 3.05) is 0 Å². The molecular formula is C16H15BrN2O. The Balaban J connectivity index is 2.02. The minimum Gasteiger partial charge on any atom is -0.267 e. The molecular weight excluding hydrogens is 316 g/mol. The van der Waals surface area contributed by atoms with Crippen LogP contribution >= 0.6 is 15.9 Å². The topological polar surface area (TPSA) is 41.5 Å². The third kappa shape index (κ3) is 3.78. The van der Waals surface area contributed by atoms with Gasteiger partial charge in [-0.3, -0.25) is 4.79 Å². The number of halogens is 1. The van der Waals surface area contributed by atoms with Gasteiger partial charge in [-0.05, 0) is 48.7 Å². The molecule has 0 spiro atoms. The monoisotopic (exact) mass is 330 g/mol. The van der Waals surface area contributed by atoms with Crippen LogP contribution < -0.4 is 5.43 Å². The van der Waals surface area contributed by atoms with E-state index in [0.717, 1.165) is 10.0 Å². The van der Waals surface area contributed by atoms with Gasteiger partial charge in [0.1, 0.15) is 0 Å². The highest BCUT2D eigenvalue weighted by molar-refractivity contribution is 9.10. The lowest BCUT2D eigenvalue weighted by Crippen LogP contribution is -2.17. The Morgan fingerprint density at radius 1 is 1.15 bits per heavy atom. The number of amides is 1. The molecule has 1 N–H and O–H groups in total. The number of nitrogens with one attached hydrogen (secondary N) is 1. The maximum atomic E-state index is 11.9. The molecule has 0 saturated carbocycles. The van der Waals surface area contributed by atoms with Crippen molar-refractivity contribution in [1.82, 2.24) is 5.43 Å². The summed E-state index contributed by atoms with van der Waals surface area (Å²) in [6.45, 7) is 4.11. The summed E-state index contributed by atoms with van der Waals surface area (Å²) in [6.07, 6.45) is 1.64. The maximum absolute atomic E-state index is 11.9. The number of carbonyl (C=O) groups is 1. The number of hydrogen-bond acceptors (Lipinski definition) is 2. The van der Waals surface area contributed by atoms with Crippen LogP contribution in [0.25, 0.3) is 0 Å². The van der Waals surface area contributed by atoms with E-state index in [1.54, 1.807) is 18.3 Å². The highest BCUT2D eigenvalue weighted by Crippen LogP contribution is 2.11. The van der Waals surface area contributed by atoms with Crippen molar-refractivity contribution in [3.63, 3.8) is 0 Å². The quantitative estimate of drug-likeness (QED) is 0.674. The minimum absolute atomic E-state index is 0.230. The molecule has 2 aromatic rings. The van der Waals surface area contributed by atoms with Gasteiger partial charge in [-0.15, -0.1) is 0 Å². The Labute approximate surface area is 126 Å². The van der Waals surface area contributed by atoms with Gasteiger partial charge >= 0.3 is 0 Å². The van der Waals surface area contributed by atoms with E-state index in [0.29, 0.717) is 5.56 Å². The van der Waals surface area contributed by atoms with Crippen molar-refractivity contribution < 1.29 is 4.79 Å². The molecule has 1 amide bonds. The van der Waals surface area contributed by atoms with Crippen LogP contribution in [0.4, 0.5) is 0 Å². The first kappa shape index (κ1) is 14.5. The summed E-state index contributed by atoms with van der Waals surface area (Å²) in [6, 6.07) is 13.2. The van der Waals surface area contributed by atoms with Crippen molar-refractivity contribution in [2.45, 2.75) is 13.8 Å². The average molecular weight is 331 g/mol. The first-order valence-corrected chi connectivity index (χ1v) is 7.02. The molecule has 0 atom stereocenters. The lowest BCUT2D eigenvalue weighted by atomic mass is 10.1. The van der Waals surface area contributed by atoms with Crippen LogP contribution in [0, 0.1) is 13.8 Å². The number of aryl methyl sites for hydroxylation is 2. The minimum atomic E-state index is -0.230. The van der Waals surface area contributed by atoms with E-state index in [4.69, 9.17) is 0 Å². The summed E-state index contributed by atoms with van der Waals surface area (Å²) >= 11 is 3.33. The summed E-state index contributed by atoms with van der Waals surface area (Å²) in [5, 5.41) is 3.98. The van der Waals surface area contributed by atoms with Crippen LogP contribution in [0.1, 0.15) is 27.0 Å². The predicted octanol–water partition coefficient (Wildman–Crippen LogP) is 3.83. The Morgan fingerprint density at radius 3 is 2.65 bits per heavy atom. The highest BCUT2D eigenvalue weighted by Gasteiger charge is 2.03. The molecule has 0 bridgehead atoms. The number of hydrogen-bond donors (Lipinski definition) is 1. The van der Waals surface area contributed by atoms with Crippen molar-refractivity contribution in [3.8, 4) is 0 Å². The normalized spacial score (nSPS) is 10.8. The van der Waals surface area contributed by atoms with Crippen molar-refractivity contribution in [2.24, 2.45) is 5.10 Å². The van der Waals surface area contributed by atoms with E-state index in [-0.39, 0.29) is 5.91 Å². The highest BCUT2D eigenvalue weighted by atomic mass is 79.9. The van der Waals surface area contributed by atoms with Crippen LogP contribution in [-0.4, -0.2) is 12.1 Å². The number of benzene rings is 2. The van der Waals surface area contributed by atoms with E-state index < -0.39 is 0 Å². The Hall–Kier alpha value is -1.94. The summed E-state index contributed by atoms with van der Waals surface area (Å²) in [5.41, 5.74) is 6.48. The van der Waals surface area contributed by atoms with E-state index in [2.05, 4.69) is 33.4 Å². The molecule has 0 aliphatic rings.